The van der Waals surface area contributed by atoms with Crippen LogP contribution in [-0.4, -0.2) is 31.3 Å². The molecule has 19 heavy (non-hydrogen) atoms. The summed E-state index contributed by atoms with van der Waals surface area (Å²) in [6.45, 7) is 2.55. The molecule has 0 saturated carbocycles. The molecular formula is C11H19BrN4O2S. The summed E-state index contributed by atoms with van der Waals surface area (Å²) in [5.74, 6) is 5.45. The summed E-state index contributed by atoms with van der Waals surface area (Å²) in [5.41, 5.74) is 2.31. The smallest absolute Gasteiger partial charge is 0.246 e. The Morgan fingerprint density at radius 2 is 2.16 bits per heavy atom. The number of nitrogens with zero attached hydrogens (tertiary/aromatic N) is 2. The Balaban J connectivity index is 3.02. The Hall–Kier alpha value is -0.700. The van der Waals surface area contributed by atoms with Crippen LogP contribution in [0.15, 0.2) is 21.6 Å². The predicted molar refractivity (Wildman–Crippen MR) is 79.1 cm³/mol. The van der Waals surface area contributed by atoms with E-state index < -0.39 is 10.0 Å². The van der Waals surface area contributed by atoms with E-state index in [1.165, 1.54) is 16.6 Å². The first kappa shape index (κ1) is 16.4. The molecule has 1 aromatic heterocycles. The van der Waals surface area contributed by atoms with Crippen molar-refractivity contribution in [1.82, 2.24) is 9.29 Å². The zero-order valence-electron chi connectivity index (χ0n) is 11.1. The number of aromatic nitrogens is 1. The molecule has 3 N–H and O–H groups in total. The van der Waals surface area contributed by atoms with Gasteiger partial charge in [0.1, 0.15) is 4.90 Å². The topological polar surface area (TPSA) is 88.3 Å². The summed E-state index contributed by atoms with van der Waals surface area (Å²) in [6.07, 6.45) is 4.37. The van der Waals surface area contributed by atoms with Crippen LogP contribution in [0.2, 0.25) is 0 Å². The zero-order chi connectivity index (χ0) is 14.5. The first-order valence-electron chi connectivity index (χ1n) is 6.02. The highest BCUT2D eigenvalue weighted by molar-refractivity contribution is 9.10. The number of hydrogen-bond acceptors (Lipinski definition) is 5. The number of hydrogen-bond donors (Lipinski definition) is 2. The number of nitrogen functional groups attached to an aromatic ring is 1. The highest BCUT2D eigenvalue weighted by atomic mass is 79.9. The fourth-order valence-corrected chi connectivity index (χ4v) is 3.42. The first-order valence-corrected chi connectivity index (χ1v) is 8.25. The molecule has 108 valence electrons. The monoisotopic (exact) mass is 350 g/mol. The van der Waals surface area contributed by atoms with Gasteiger partial charge in [-0.05, 0) is 28.4 Å². The van der Waals surface area contributed by atoms with Gasteiger partial charge in [0.15, 0.2) is 5.82 Å². The maximum atomic E-state index is 12.4. The van der Waals surface area contributed by atoms with E-state index in [4.69, 9.17) is 5.84 Å². The number of nitrogens with one attached hydrogen (secondary N) is 1. The van der Waals surface area contributed by atoms with Gasteiger partial charge >= 0.3 is 0 Å². The van der Waals surface area contributed by atoms with Crippen LogP contribution >= 0.6 is 15.9 Å². The molecule has 6 nitrogen and oxygen atoms in total. The van der Waals surface area contributed by atoms with E-state index in [1.807, 2.05) is 0 Å². The zero-order valence-corrected chi connectivity index (χ0v) is 13.5. The van der Waals surface area contributed by atoms with E-state index in [9.17, 15) is 8.42 Å². The maximum Gasteiger partial charge on any atom is 0.246 e. The standard InChI is InChI=1S/C11H19BrN4O2S/c1-3-4-5-6-16(2)19(17,18)10-7-9(12)8-14-11(10)15-13/h7-8H,3-6,13H2,1-2H3,(H,14,15). The third-order valence-electron chi connectivity index (χ3n) is 2.72. The molecule has 0 aliphatic heterocycles. The van der Waals surface area contributed by atoms with Crippen LogP contribution in [0.25, 0.3) is 0 Å². The summed E-state index contributed by atoms with van der Waals surface area (Å²) < 4.78 is 26.8. The molecule has 0 radical (unpaired) electrons. The summed E-state index contributed by atoms with van der Waals surface area (Å²) in [6, 6.07) is 1.49. The molecule has 1 heterocycles. The Morgan fingerprint density at radius 3 is 2.74 bits per heavy atom. The number of pyridine rings is 1. The van der Waals surface area contributed by atoms with E-state index in [-0.39, 0.29) is 10.7 Å². The van der Waals surface area contributed by atoms with Gasteiger partial charge in [-0.1, -0.05) is 19.8 Å². The summed E-state index contributed by atoms with van der Waals surface area (Å²) in [7, 11) is -2.02. The van der Waals surface area contributed by atoms with E-state index in [0.29, 0.717) is 11.0 Å². The number of halogens is 1. The maximum absolute atomic E-state index is 12.4. The number of nitrogens with two attached hydrogens (primary N) is 1. The van der Waals surface area contributed by atoms with Crippen LogP contribution in [0.3, 0.4) is 0 Å². The molecular weight excluding hydrogens is 332 g/mol. The molecule has 0 amide bonds. The summed E-state index contributed by atoms with van der Waals surface area (Å²) in [4.78, 5) is 4.03. The lowest BCUT2D eigenvalue weighted by molar-refractivity contribution is 0.454. The van der Waals surface area contributed by atoms with Crippen molar-refractivity contribution in [1.29, 1.82) is 0 Å². The van der Waals surface area contributed by atoms with Gasteiger partial charge in [0.25, 0.3) is 0 Å². The quantitative estimate of drug-likeness (QED) is 0.445. The predicted octanol–water partition coefficient (Wildman–Crippen LogP) is 1.94. The third kappa shape index (κ3) is 4.13. The van der Waals surface area contributed by atoms with Gasteiger partial charge in [0.05, 0.1) is 0 Å². The molecule has 0 spiro atoms. The van der Waals surface area contributed by atoms with Crippen LogP contribution in [-0.2, 0) is 10.0 Å². The first-order chi connectivity index (χ1) is 8.93. The van der Waals surface area contributed by atoms with Crippen molar-refractivity contribution in [3.63, 3.8) is 0 Å². The van der Waals surface area contributed by atoms with Gasteiger partial charge in [-0.2, -0.15) is 0 Å². The van der Waals surface area contributed by atoms with Crippen LogP contribution in [0.5, 0.6) is 0 Å². The third-order valence-corrected chi connectivity index (χ3v) is 5.02. The SMILES string of the molecule is CCCCCN(C)S(=O)(=O)c1cc(Br)cnc1NN. The molecule has 0 aliphatic carbocycles. The van der Waals surface area contributed by atoms with Crippen LogP contribution in [0, 0.1) is 0 Å². The largest absolute Gasteiger partial charge is 0.307 e. The second-order valence-electron chi connectivity index (χ2n) is 4.18. The van der Waals surface area contributed by atoms with Crippen molar-refractivity contribution in [3.8, 4) is 0 Å². The Bertz CT molecular complexity index is 521. The lowest BCUT2D eigenvalue weighted by Gasteiger charge is -2.18. The van der Waals surface area contributed by atoms with Crippen molar-refractivity contribution in [2.75, 3.05) is 19.0 Å². The van der Waals surface area contributed by atoms with Crippen molar-refractivity contribution < 1.29 is 8.42 Å². The minimum absolute atomic E-state index is 0.0726. The average Bonchev–Trinajstić information content (AvgIpc) is 2.38. The van der Waals surface area contributed by atoms with Crippen molar-refractivity contribution in [2.45, 2.75) is 31.1 Å². The second kappa shape index (κ2) is 7.18. The lowest BCUT2D eigenvalue weighted by Crippen LogP contribution is -2.29. The van der Waals surface area contributed by atoms with E-state index >= 15 is 0 Å². The van der Waals surface area contributed by atoms with Gasteiger partial charge in [-0.3, -0.25) is 0 Å². The molecule has 8 heteroatoms. The van der Waals surface area contributed by atoms with Gasteiger partial charge in [0.2, 0.25) is 10.0 Å². The Kier molecular flexibility index (Phi) is 6.18. The van der Waals surface area contributed by atoms with Gasteiger partial charge in [-0.15, -0.1) is 0 Å². The van der Waals surface area contributed by atoms with Gasteiger partial charge in [0, 0.05) is 24.3 Å². The highest BCUT2D eigenvalue weighted by Gasteiger charge is 2.24. The number of sulfonamides is 1. The van der Waals surface area contributed by atoms with Crippen LogP contribution in [0.1, 0.15) is 26.2 Å². The molecule has 0 bridgehead atoms. The summed E-state index contributed by atoms with van der Waals surface area (Å²) in [5, 5.41) is 0. The fourth-order valence-electron chi connectivity index (χ4n) is 1.60. The Morgan fingerprint density at radius 1 is 1.47 bits per heavy atom. The molecule has 0 aromatic carbocycles. The van der Waals surface area contributed by atoms with E-state index in [0.717, 1.165) is 19.3 Å². The molecule has 0 unspecified atom stereocenters. The molecule has 1 aromatic rings. The van der Waals surface area contributed by atoms with E-state index in [1.54, 1.807) is 7.05 Å². The number of rotatable bonds is 7. The minimum Gasteiger partial charge on any atom is -0.307 e. The average molecular weight is 351 g/mol. The molecule has 0 fully saturated rings. The number of anilines is 1. The number of unbranched alkanes of at least 4 members (excludes halogenated alkanes) is 2. The van der Waals surface area contributed by atoms with Crippen molar-refractivity contribution in [3.05, 3.63) is 16.7 Å². The summed E-state index contributed by atoms with van der Waals surface area (Å²) >= 11 is 3.22. The molecule has 0 saturated heterocycles. The lowest BCUT2D eigenvalue weighted by atomic mass is 10.2. The van der Waals surface area contributed by atoms with Gasteiger partial charge < -0.3 is 5.43 Å². The highest BCUT2D eigenvalue weighted by Crippen LogP contribution is 2.25. The van der Waals surface area contributed by atoms with Crippen molar-refractivity contribution in [2.24, 2.45) is 5.84 Å². The Labute approximate surface area is 122 Å². The molecule has 1 rings (SSSR count). The fraction of sp³-hybridized carbons (Fsp3) is 0.545. The van der Waals surface area contributed by atoms with Crippen molar-refractivity contribution >= 4 is 31.8 Å². The van der Waals surface area contributed by atoms with E-state index in [2.05, 4.69) is 33.3 Å². The second-order valence-corrected chi connectivity index (χ2v) is 7.11. The molecule has 0 atom stereocenters. The van der Waals surface area contributed by atoms with Gasteiger partial charge in [-0.25, -0.2) is 23.5 Å². The number of hydrazine groups is 1. The normalized spacial score (nSPS) is 11.8. The minimum atomic E-state index is -3.59. The molecule has 0 aliphatic rings. The van der Waals surface area contributed by atoms with Crippen LogP contribution < -0.4 is 11.3 Å². The van der Waals surface area contributed by atoms with Crippen LogP contribution in [0.4, 0.5) is 5.82 Å².